The summed E-state index contributed by atoms with van der Waals surface area (Å²) in [7, 11) is 0. The van der Waals surface area contributed by atoms with Crippen molar-refractivity contribution in [2.45, 2.75) is 64.5 Å². The fourth-order valence-corrected chi connectivity index (χ4v) is 7.64. The first-order valence-electron chi connectivity index (χ1n) is 18.9. The second-order valence-corrected chi connectivity index (χ2v) is 15.4. The standard InChI is InChI=1S/C45H48N4O5/c1-45(2,3)54-44(52)48-27-30-18-16-29(17-19-30)25-46-42(50)38-24-41(49-40-15-9-8-14-37(38)40)32-22-20-31(21-23-32)26-47-43(51)53-28-39-35-12-6-4-10-33(35)34-11-5-7-13-36(34)39/h4-15,20-24,29-30,39H,16-19,25-28H2,1-3H3,(H,46,50)(H,47,51)(H,48,52). The molecular formula is C45H48N4O5. The molecule has 0 aliphatic heterocycles. The quantitative estimate of drug-likeness (QED) is 0.132. The van der Waals surface area contributed by atoms with E-state index in [-0.39, 0.29) is 24.5 Å². The molecule has 54 heavy (non-hydrogen) atoms. The third-order valence-electron chi connectivity index (χ3n) is 10.4. The first-order valence-corrected chi connectivity index (χ1v) is 18.9. The average molecular weight is 725 g/mol. The highest BCUT2D eigenvalue weighted by Gasteiger charge is 2.29. The Bertz CT molecular complexity index is 2090. The maximum absolute atomic E-state index is 13.7. The number of carbonyl (C=O) groups is 3. The predicted octanol–water partition coefficient (Wildman–Crippen LogP) is 9.00. The third kappa shape index (κ3) is 8.73. The van der Waals surface area contributed by atoms with Gasteiger partial charge in [0.1, 0.15) is 12.2 Å². The molecule has 0 saturated heterocycles. The van der Waals surface area contributed by atoms with Gasteiger partial charge in [0.15, 0.2) is 0 Å². The topological polar surface area (TPSA) is 119 Å². The van der Waals surface area contributed by atoms with Crippen LogP contribution in [0.1, 0.15) is 79.4 Å². The maximum Gasteiger partial charge on any atom is 0.407 e. The van der Waals surface area contributed by atoms with E-state index in [2.05, 4.69) is 40.2 Å². The molecule has 3 N–H and O–H groups in total. The largest absolute Gasteiger partial charge is 0.449 e. The Hall–Kier alpha value is -5.70. The van der Waals surface area contributed by atoms with Crippen LogP contribution in [0.4, 0.5) is 9.59 Å². The number of benzene rings is 4. The summed E-state index contributed by atoms with van der Waals surface area (Å²) < 4.78 is 11.1. The number of hydrogen-bond donors (Lipinski definition) is 3. The minimum atomic E-state index is -0.513. The molecule has 9 heteroatoms. The zero-order valence-corrected chi connectivity index (χ0v) is 31.2. The SMILES string of the molecule is CC(C)(C)OC(=O)NCC1CCC(CNC(=O)c2cc(-c3ccc(CNC(=O)OCC4c5ccccc5-c5ccccc54)cc3)nc3ccccc23)CC1. The summed E-state index contributed by atoms with van der Waals surface area (Å²) in [4.78, 5) is 43.4. The molecule has 1 fully saturated rings. The van der Waals surface area contributed by atoms with Gasteiger partial charge in [0.05, 0.1) is 16.8 Å². The minimum Gasteiger partial charge on any atom is -0.449 e. The molecule has 0 radical (unpaired) electrons. The minimum absolute atomic E-state index is 0.00476. The number of carbonyl (C=O) groups excluding carboxylic acids is 3. The van der Waals surface area contributed by atoms with E-state index in [0.717, 1.165) is 47.7 Å². The Labute approximate surface area is 316 Å². The Morgan fingerprint density at radius 2 is 1.30 bits per heavy atom. The monoisotopic (exact) mass is 724 g/mol. The Kier molecular flexibility index (Phi) is 10.9. The molecule has 1 heterocycles. The average Bonchev–Trinajstić information content (AvgIpc) is 3.50. The lowest BCUT2D eigenvalue weighted by Crippen LogP contribution is -2.37. The van der Waals surface area contributed by atoms with Gasteiger partial charge in [-0.25, -0.2) is 14.6 Å². The van der Waals surface area contributed by atoms with Crippen molar-refractivity contribution in [3.8, 4) is 22.4 Å². The van der Waals surface area contributed by atoms with Crippen molar-refractivity contribution in [2.75, 3.05) is 19.7 Å². The molecule has 5 aromatic rings. The smallest absolute Gasteiger partial charge is 0.407 e. The number of para-hydroxylation sites is 1. The zero-order valence-electron chi connectivity index (χ0n) is 31.2. The summed E-state index contributed by atoms with van der Waals surface area (Å²) >= 11 is 0. The van der Waals surface area contributed by atoms with E-state index in [9.17, 15) is 14.4 Å². The van der Waals surface area contributed by atoms with E-state index >= 15 is 0 Å². The molecule has 0 spiro atoms. The number of fused-ring (bicyclic) bond motifs is 4. The second kappa shape index (κ2) is 16.1. The lowest BCUT2D eigenvalue weighted by atomic mass is 9.82. The number of rotatable bonds is 10. The van der Waals surface area contributed by atoms with Crippen molar-refractivity contribution in [3.63, 3.8) is 0 Å². The Morgan fingerprint density at radius 1 is 0.704 bits per heavy atom. The number of pyridine rings is 1. The molecular weight excluding hydrogens is 677 g/mol. The molecule has 4 aromatic carbocycles. The molecule has 1 aromatic heterocycles. The van der Waals surface area contributed by atoms with Gasteiger partial charge in [-0.15, -0.1) is 0 Å². The van der Waals surface area contributed by atoms with Crippen molar-refractivity contribution in [1.82, 2.24) is 20.9 Å². The third-order valence-corrected chi connectivity index (χ3v) is 10.4. The highest BCUT2D eigenvalue weighted by molar-refractivity contribution is 6.07. The summed E-state index contributed by atoms with van der Waals surface area (Å²) in [6, 6.07) is 34.0. The fourth-order valence-electron chi connectivity index (χ4n) is 7.64. The number of aromatic nitrogens is 1. The number of alkyl carbamates (subject to hydrolysis) is 2. The number of nitrogens with zero attached hydrogens (tertiary/aromatic N) is 1. The molecule has 2 aliphatic carbocycles. The zero-order chi connectivity index (χ0) is 37.7. The van der Waals surface area contributed by atoms with Crippen molar-refractivity contribution in [1.29, 1.82) is 0 Å². The molecule has 0 bridgehead atoms. The van der Waals surface area contributed by atoms with E-state index < -0.39 is 11.7 Å². The molecule has 2 aliphatic rings. The molecule has 7 rings (SSSR count). The van der Waals surface area contributed by atoms with Crippen molar-refractivity contribution >= 4 is 29.0 Å². The normalized spacial score (nSPS) is 16.6. The van der Waals surface area contributed by atoms with Crippen LogP contribution in [0.15, 0.2) is 103 Å². The number of nitrogens with one attached hydrogen (secondary N) is 3. The van der Waals surface area contributed by atoms with Gasteiger partial charge in [-0.3, -0.25) is 4.79 Å². The molecule has 3 amide bonds. The van der Waals surface area contributed by atoms with Crippen LogP contribution < -0.4 is 16.0 Å². The van der Waals surface area contributed by atoms with Crippen LogP contribution in [0.3, 0.4) is 0 Å². The molecule has 9 nitrogen and oxygen atoms in total. The molecule has 1 saturated carbocycles. The Morgan fingerprint density at radius 3 is 1.94 bits per heavy atom. The van der Waals surface area contributed by atoms with Crippen LogP contribution in [0, 0.1) is 11.8 Å². The molecule has 278 valence electrons. The number of ether oxygens (including phenoxy) is 2. The van der Waals surface area contributed by atoms with Gasteiger partial charge in [0, 0.05) is 36.5 Å². The van der Waals surface area contributed by atoms with Gasteiger partial charge in [-0.2, -0.15) is 0 Å². The number of amides is 3. The first kappa shape index (κ1) is 36.6. The summed E-state index contributed by atoms with van der Waals surface area (Å²) in [6.45, 7) is 7.36. The van der Waals surface area contributed by atoms with Crippen LogP contribution in [0.25, 0.3) is 33.3 Å². The lowest BCUT2D eigenvalue weighted by molar-refractivity contribution is 0.0512. The van der Waals surface area contributed by atoms with Crippen molar-refractivity contribution in [2.24, 2.45) is 11.8 Å². The lowest BCUT2D eigenvalue weighted by Gasteiger charge is -2.29. The number of hydrogen-bond acceptors (Lipinski definition) is 6. The summed E-state index contributed by atoms with van der Waals surface area (Å²) in [5.74, 6) is 0.678. The van der Waals surface area contributed by atoms with E-state index in [4.69, 9.17) is 14.5 Å². The van der Waals surface area contributed by atoms with Gasteiger partial charge in [0.25, 0.3) is 5.91 Å². The summed E-state index contributed by atoms with van der Waals surface area (Å²) in [5.41, 5.74) is 8.05. The summed E-state index contributed by atoms with van der Waals surface area (Å²) in [5, 5.41) is 9.79. The van der Waals surface area contributed by atoms with E-state index in [0.29, 0.717) is 42.7 Å². The van der Waals surface area contributed by atoms with Crippen LogP contribution >= 0.6 is 0 Å². The van der Waals surface area contributed by atoms with Crippen LogP contribution in [0.5, 0.6) is 0 Å². The van der Waals surface area contributed by atoms with Gasteiger partial charge in [-0.05, 0) is 98.2 Å². The van der Waals surface area contributed by atoms with Crippen molar-refractivity contribution in [3.05, 3.63) is 125 Å². The van der Waals surface area contributed by atoms with E-state index in [1.54, 1.807) is 0 Å². The van der Waals surface area contributed by atoms with E-state index in [1.807, 2.05) is 99.6 Å². The molecule has 0 atom stereocenters. The fraction of sp³-hybridized carbons (Fsp3) is 0.333. The van der Waals surface area contributed by atoms with Crippen LogP contribution in [-0.4, -0.2) is 48.4 Å². The maximum atomic E-state index is 13.7. The van der Waals surface area contributed by atoms with Gasteiger partial charge in [0.2, 0.25) is 0 Å². The summed E-state index contributed by atoms with van der Waals surface area (Å²) in [6.07, 6.45) is 3.14. The predicted molar refractivity (Wildman–Crippen MR) is 211 cm³/mol. The van der Waals surface area contributed by atoms with Crippen molar-refractivity contribution < 1.29 is 23.9 Å². The second-order valence-electron chi connectivity index (χ2n) is 15.4. The molecule has 0 unspecified atom stereocenters. The highest BCUT2D eigenvalue weighted by Crippen LogP contribution is 2.44. The van der Waals surface area contributed by atoms with E-state index in [1.165, 1.54) is 22.3 Å². The van der Waals surface area contributed by atoms with Gasteiger partial charge in [-0.1, -0.05) is 91.0 Å². The Balaban J connectivity index is 0.922. The highest BCUT2D eigenvalue weighted by atomic mass is 16.6. The van der Waals surface area contributed by atoms with Gasteiger partial charge < -0.3 is 25.4 Å². The van der Waals surface area contributed by atoms with Crippen LogP contribution in [-0.2, 0) is 16.0 Å². The first-order chi connectivity index (χ1) is 26.1. The van der Waals surface area contributed by atoms with Gasteiger partial charge >= 0.3 is 12.2 Å². The van der Waals surface area contributed by atoms with Crippen LogP contribution in [0.2, 0.25) is 0 Å².